The molecule has 0 bridgehead atoms. The van der Waals surface area contributed by atoms with Crippen LogP contribution < -0.4 is 0 Å². The molecule has 0 atom stereocenters. The van der Waals surface area contributed by atoms with Crippen molar-refractivity contribution < 1.29 is 9.53 Å². The standard InChI is InChI=1S/C12H23BrN2O2/c1-12(2,13)11(16)15-6-4-5-14(7-8-15)9-10-17-3/h4-10H2,1-3H3. The monoisotopic (exact) mass is 306 g/mol. The molecule has 0 saturated carbocycles. The predicted molar refractivity (Wildman–Crippen MR) is 72.5 cm³/mol. The summed E-state index contributed by atoms with van der Waals surface area (Å²) < 4.78 is 4.63. The number of nitrogens with zero attached hydrogens (tertiary/aromatic N) is 2. The molecule has 1 heterocycles. The first-order valence-electron chi connectivity index (χ1n) is 6.14. The van der Waals surface area contributed by atoms with Crippen molar-refractivity contribution in [2.24, 2.45) is 0 Å². The van der Waals surface area contributed by atoms with Crippen LogP contribution in [-0.4, -0.2) is 66.5 Å². The Morgan fingerprint density at radius 3 is 2.59 bits per heavy atom. The molecular formula is C12H23BrN2O2. The van der Waals surface area contributed by atoms with Crippen molar-refractivity contribution in [1.82, 2.24) is 9.80 Å². The molecular weight excluding hydrogens is 284 g/mol. The van der Waals surface area contributed by atoms with Gasteiger partial charge >= 0.3 is 0 Å². The molecule has 100 valence electrons. The van der Waals surface area contributed by atoms with Crippen LogP contribution in [0.5, 0.6) is 0 Å². The molecule has 4 nitrogen and oxygen atoms in total. The minimum Gasteiger partial charge on any atom is -0.383 e. The van der Waals surface area contributed by atoms with E-state index in [4.69, 9.17) is 4.74 Å². The third-order valence-corrected chi connectivity index (χ3v) is 3.34. The molecule has 1 saturated heterocycles. The summed E-state index contributed by atoms with van der Waals surface area (Å²) in [6.07, 6.45) is 1.04. The quantitative estimate of drug-likeness (QED) is 0.735. The number of carbonyl (C=O) groups is 1. The van der Waals surface area contributed by atoms with E-state index in [-0.39, 0.29) is 5.91 Å². The third kappa shape index (κ3) is 4.94. The van der Waals surface area contributed by atoms with E-state index in [0.29, 0.717) is 0 Å². The fourth-order valence-electron chi connectivity index (χ4n) is 1.99. The molecule has 0 aromatic rings. The van der Waals surface area contributed by atoms with Crippen LogP contribution in [-0.2, 0) is 9.53 Å². The average molecular weight is 307 g/mol. The summed E-state index contributed by atoms with van der Waals surface area (Å²) in [6.45, 7) is 9.20. The van der Waals surface area contributed by atoms with E-state index in [0.717, 1.165) is 45.8 Å². The van der Waals surface area contributed by atoms with Crippen molar-refractivity contribution in [2.75, 3.05) is 46.4 Å². The predicted octanol–water partition coefficient (Wildman–Crippen LogP) is 1.34. The maximum absolute atomic E-state index is 12.1. The first-order valence-corrected chi connectivity index (χ1v) is 6.94. The summed E-state index contributed by atoms with van der Waals surface area (Å²) in [6, 6.07) is 0. The van der Waals surface area contributed by atoms with Gasteiger partial charge in [-0.3, -0.25) is 9.69 Å². The topological polar surface area (TPSA) is 32.8 Å². The molecule has 1 aliphatic rings. The van der Waals surface area contributed by atoms with Gasteiger partial charge in [-0.2, -0.15) is 0 Å². The first kappa shape index (κ1) is 14.9. The largest absolute Gasteiger partial charge is 0.383 e. The zero-order valence-corrected chi connectivity index (χ0v) is 12.6. The minimum absolute atomic E-state index is 0.186. The second-order valence-electron chi connectivity index (χ2n) is 4.95. The molecule has 0 aliphatic carbocycles. The number of ether oxygens (including phenoxy) is 1. The normalized spacial score (nSPS) is 19.2. The van der Waals surface area contributed by atoms with E-state index in [1.54, 1.807) is 7.11 Å². The van der Waals surface area contributed by atoms with Crippen LogP contribution in [0, 0.1) is 0 Å². The van der Waals surface area contributed by atoms with E-state index in [1.807, 2.05) is 18.7 Å². The third-order valence-electron chi connectivity index (χ3n) is 3.00. The van der Waals surface area contributed by atoms with Gasteiger partial charge in [-0.25, -0.2) is 0 Å². The molecule has 17 heavy (non-hydrogen) atoms. The lowest BCUT2D eigenvalue weighted by Gasteiger charge is -2.27. The van der Waals surface area contributed by atoms with Crippen molar-refractivity contribution in [1.29, 1.82) is 0 Å². The SMILES string of the molecule is COCCN1CCCN(C(=O)C(C)(C)Br)CC1. The average Bonchev–Trinajstić information content (AvgIpc) is 2.49. The smallest absolute Gasteiger partial charge is 0.238 e. The number of alkyl halides is 1. The molecule has 0 spiro atoms. The Kier molecular flexibility index (Phi) is 5.89. The Labute approximate surface area is 112 Å². The molecule has 5 heteroatoms. The zero-order chi connectivity index (χ0) is 12.9. The fourth-order valence-corrected chi connectivity index (χ4v) is 2.24. The van der Waals surface area contributed by atoms with Crippen molar-refractivity contribution in [3.8, 4) is 0 Å². The molecule has 1 rings (SSSR count). The Balaban J connectivity index is 2.45. The lowest BCUT2D eigenvalue weighted by Crippen LogP contribution is -2.43. The van der Waals surface area contributed by atoms with Gasteiger partial charge in [-0.15, -0.1) is 0 Å². The highest BCUT2D eigenvalue weighted by molar-refractivity contribution is 9.10. The van der Waals surface area contributed by atoms with E-state index in [2.05, 4.69) is 20.8 Å². The lowest BCUT2D eigenvalue weighted by atomic mass is 10.2. The van der Waals surface area contributed by atoms with Gasteiger partial charge in [0.15, 0.2) is 0 Å². The Morgan fingerprint density at radius 1 is 1.29 bits per heavy atom. The fraction of sp³-hybridized carbons (Fsp3) is 0.917. The van der Waals surface area contributed by atoms with Crippen LogP contribution in [0.25, 0.3) is 0 Å². The molecule has 0 unspecified atom stereocenters. The summed E-state index contributed by atoms with van der Waals surface area (Å²) >= 11 is 3.44. The zero-order valence-electron chi connectivity index (χ0n) is 11.0. The van der Waals surface area contributed by atoms with Crippen molar-refractivity contribution in [3.05, 3.63) is 0 Å². The number of rotatable bonds is 4. The van der Waals surface area contributed by atoms with Crippen molar-refractivity contribution >= 4 is 21.8 Å². The van der Waals surface area contributed by atoms with E-state index < -0.39 is 4.32 Å². The Hall–Kier alpha value is -0.130. The highest BCUT2D eigenvalue weighted by Gasteiger charge is 2.30. The van der Waals surface area contributed by atoms with Gasteiger partial charge in [-0.05, 0) is 26.8 Å². The van der Waals surface area contributed by atoms with Crippen LogP contribution >= 0.6 is 15.9 Å². The molecule has 0 N–H and O–H groups in total. The summed E-state index contributed by atoms with van der Waals surface area (Å²) in [5.74, 6) is 0.186. The highest BCUT2D eigenvalue weighted by Crippen LogP contribution is 2.20. The van der Waals surface area contributed by atoms with Crippen LogP contribution in [0.1, 0.15) is 20.3 Å². The Morgan fingerprint density at radius 2 is 2.00 bits per heavy atom. The maximum Gasteiger partial charge on any atom is 0.238 e. The Bertz CT molecular complexity index is 253. The van der Waals surface area contributed by atoms with Crippen LogP contribution in [0.2, 0.25) is 0 Å². The van der Waals surface area contributed by atoms with Gasteiger partial charge in [0.1, 0.15) is 0 Å². The second kappa shape index (κ2) is 6.71. The molecule has 1 amide bonds. The maximum atomic E-state index is 12.1. The van der Waals surface area contributed by atoms with Gasteiger partial charge in [0.05, 0.1) is 10.9 Å². The number of hydrogen-bond acceptors (Lipinski definition) is 3. The van der Waals surface area contributed by atoms with Crippen LogP contribution in [0.4, 0.5) is 0 Å². The van der Waals surface area contributed by atoms with E-state index >= 15 is 0 Å². The van der Waals surface area contributed by atoms with Crippen LogP contribution in [0.15, 0.2) is 0 Å². The van der Waals surface area contributed by atoms with Gasteiger partial charge in [0.25, 0.3) is 0 Å². The van der Waals surface area contributed by atoms with Crippen LogP contribution in [0.3, 0.4) is 0 Å². The number of carbonyl (C=O) groups excluding carboxylic acids is 1. The molecule has 0 radical (unpaired) electrons. The summed E-state index contributed by atoms with van der Waals surface area (Å²) in [4.78, 5) is 16.4. The number of halogens is 1. The van der Waals surface area contributed by atoms with E-state index in [9.17, 15) is 4.79 Å². The summed E-state index contributed by atoms with van der Waals surface area (Å²) in [7, 11) is 1.72. The first-order chi connectivity index (χ1) is 7.95. The van der Waals surface area contributed by atoms with Gasteiger partial charge in [-0.1, -0.05) is 15.9 Å². The van der Waals surface area contributed by atoms with Crippen molar-refractivity contribution in [2.45, 2.75) is 24.6 Å². The second-order valence-corrected chi connectivity index (χ2v) is 6.94. The summed E-state index contributed by atoms with van der Waals surface area (Å²) in [5.41, 5.74) is 0. The number of hydrogen-bond donors (Lipinski definition) is 0. The number of amides is 1. The lowest BCUT2D eigenvalue weighted by molar-refractivity contribution is -0.132. The highest BCUT2D eigenvalue weighted by atomic mass is 79.9. The number of methoxy groups -OCH3 is 1. The molecule has 0 aromatic heterocycles. The van der Waals surface area contributed by atoms with Crippen molar-refractivity contribution in [3.63, 3.8) is 0 Å². The minimum atomic E-state index is -0.450. The molecule has 0 aromatic carbocycles. The molecule has 1 aliphatic heterocycles. The van der Waals surface area contributed by atoms with E-state index in [1.165, 1.54) is 0 Å². The summed E-state index contributed by atoms with van der Waals surface area (Å²) in [5, 5.41) is 0. The van der Waals surface area contributed by atoms with Gasteiger partial charge in [0, 0.05) is 33.3 Å². The molecule has 1 fully saturated rings. The van der Waals surface area contributed by atoms with Gasteiger partial charge in [0.2, 0.25) is 5.91 Å². The van der Waals surface area contributed by atoms with Gasteiger partial charge < -0.3 is 9.64 Å².